The molecule has 23 heavy (non-hydrogen) atoms. The number of ketones is 1. The van der Waals surface area contributed by atoms with Gasteiger partial charge >= 0.3 is 0 Å². The number of Topliss-reactive ketones (excluding diaryl/α,β-unsaturated/α-hetero) is 1. The van der Waals surface area contributed by atoms with Crippen LogP contribution in [0, 0.1) is 0 Å². The zero-order valence-electron chi connectivity index (χ0n) is 12.5. The van der Waals surface area contributed by atoms with Gasteiger partial charge in [0.2, 0.25) is 0 Å². The van der Waals surface area contributed by atoms with E-state index < -0.39 is 0 Å². The van der Waals surface area contributed by atoms with E-state index in [2.05, 4.69) is 6.58 Å². The molecule has 1 aliphatic rings. The van der Waals surface area contributed by atoms with Crippen LogP contribution in [0.2, 0.25) is 0 Å². The summed E-state index contributed by atoms with van der Waals surface area (Å²) < 4.78 is 5.65. The molecule has 1 heterocycles. The number of carbonyl (C=O) groups is 2. The standard InChI is InChI=1S/C19H14O3S/c1-12-10-14(11-13(2)18(12)20)16-8-9-17(22-16)19(21)23-15-6-4-3-5-7-15/h3-11H,1H2,2H3. The van der Waals surface area contributed by atoms with Gasteiger partial charge in [-0.3, -0.25) is 9.59 Å². The van der Waals surface area contributed by atoms with E-state index in [4.69, 9.17) is 4.42 Å². The molecule has 1 aromatic carbocycles. The molecule has 3 rings (SSSR count). The van der Waals surface area contributed by atoms with Crippen LogP contribution < -0.4 is 0 Å². The number of carbonyl (C=O) groups excluding carboxylic acids is 2. The van der Waals surface area contributed by atoms with Crippen LogP contribution in [0.15, 0.2) is 81.7 Å². The number of hydrogen-bond acceptors (Lipinski definition) is 4. The van der Waals surface area contributed by atoms with Crippen LogP contribution >= 0.6 is 11.8 Å². The molecule has 2 aromatic rings. The molecular weight excluding hydrogens is 308 g/mol. The van der Waals surface area contributed by atoms with Gasteiger partial charge in [-0.15, -0.1) is 0 Å². The van der Waals surface area contributed by atoms with E-state index >= 15 is 0 Å². The van der Waals surface area contributed by atoms with Crippen LogP contribution in [0.1, 0.15) is 23.2 Å². The minimum absolute atomic E-state index is 0.0729. The number of allylic oxidation sites excluding steroid dienone is 5. The molecule has 0 bridgehead atoms. The molecule has 3 nitrogen and oxygen atoms in total. The van der Waals surface area contributed by atoms with Gasteiger partial charge in [0.25, 0.3) is 5.12 Å². The van der Waals surface area contributed by atoms with Crippen molar-refractivity contribution >= 4 is 28.2 Å². The van der Waals surface area contributed by atoms with Crippen molar-refractivity contribution in [1.82, 2.24) is 0 Å². The first-order chi connectivity index (χ1) is 11.0. The third-order valence-corrected chi connectivity index (χ3v) is 4.29. The van der Waals surface area contributed by atoms with Crippen LogP contribution in [0.3, 0.4) is 0 Å². The summed E-state index contributed by atoms with van der Waals surface area (Å²) >= 11 is 1.12. The summed E-state index contributed by atoms with van der Waals surface area (Å²) in [7, 11) is 0. The number of hydrogen-bond donors (Lipinski definition) is 0. The average Bonchev–Trinajstić information content (AvgIpc) is 3.03. The maximum atomic E-state index is 12.3. The van der Waals surface area contributed by atoms with Gasteiger partial charge in [0.1, 0.15) is 5.76 Å². The lowest BCUT2D eigenvalue weighted by molar-refractivity contribution is -0.111. The van der Waals surface area contributed by atoms with Crippen LogP contribution in [0.5, 0.6) is 0 Å². The predicted molar refractivity (Wildman–Crippen MR) is 91.2 cm³/mol. The smallest absolute Gasteiger partial charge is 0.259 e. The first kappa shape index (κ1) is 15.3. The number of furan rings is 1. The third-order valence-electron chi connectivity index (χ3n) is 3.40. The highest BCUT2D eigenvalue weighted by atomic mass is 32.2. The largest absolute Gasteiger partial charge is 0.452 e. The SMILES string of the molecule is C=C1C=C(c2ccc(C(=O)Sc3ccccc3)o2)C=C(C)C1=O. The molecule has 0 atom stereocenters. The molecule has 0 N–H and O–H groups in total. The monoisotopic (exact) mass is 322 g/mol. The van der Waals surface area contributed by atoms with E-state index in [0.717, 1.165) is 22.2 Å². The first-order valence-corrected chi connectivity index (χ1v) is 7.87. The third kappa shape index (κ3) is 3.27. The second-order valence-corrected chi connectivity index (χ2v) is 6.19. The first-order valence-electron chi connectivity index (χ1n) is 7.05. The lowest BCUT2D eigenvalue weighted by atomic mass is 9.95. The molecule has 0 aliphatic heterocycles. The van der Waals surface area contributed by atoms with Crippen LogP contribution in [0.25, 0.3) is 5.57 Å². The molecule has 114 valence electrons. The Morgan fingerprint density at radius 2 is 1.83 bits per heavy atom. The van der Waals surface area contributed by atoms with E-state index in [1.807, 2.05) is 30.3 Å². The Hall–Kier alpha value is -2.59. The Kier molecular flexibility index (Phi) is 4.17. The van der Waals surface area contributed by atoms with Gasteiger partial charge in [-0.25, -0.2) is 0 Å². The number of benzene rings is 1. The Bertz CT molecular complexity index is 854. The molecule has 0 radical (unpaired) electrons. The van der Waals surface area contributed by atoms with Crippen LogP contribution in [-0.2, 0) is 4.79 Å². The van der Waals surface area contributed by atoms with Crippen molar-refractivity contribution in [3.63, 3.8) is 0 Å². The summed E-state index contributed by atoms with van der Waals surface area (Å²) in [4.78, 5) is 24.8. The minimum atomic E-state index is -0.158. The van der Waals surface area contributed by atoms with Gasteiger partial charge in [-0.05, 0) is 60.7 Å². The Morgan fingerprint density at radius 3 is 2.52 bits per heavy atom. The molecule has 1 aromatic heterocycles. The fraction of sp³-hybridized carbons (Fsp3) is 0.0526. The lowest BCUT2D eigenvalue weighted by Crippen LogP contribution is -2.05. The minimum Gasteiger partial charge on any atom is -0.452 e. The van der Waals surface area contributed by atoms with Crippen molar-refractivity contribution in [3.05, 3.63) is 83.9 Å². The summed E-state index contributed by atoms with van der Waals surface area (Å²) in [5.74, 6) is 0.759. The molecule has 1 aliphatic carbocycles. The van der Waals surface area contributed by atoms with Crippen molar-refractivity contribution in [2.45, 2.75) is 11.8 Å². The fourth-order valence-electron chi connectivity index (χ4n) is 2.24. The van der Waals surface area contributed by atoms with Gasteiger partial charge < -0.3 is 4.42 Å². The van der Waals surface area contributed by atoms with Crippen molar-refractivity contribution in [2.24, 2.45) is 0 Å². The van der Waals surface area contributed by atoms with E-state index in [1.54, 1.807) is 31.2 Å². The molecule has 0 fully saturated rings. The Labute approximate surface area is 138 Å². The Balaban J connectivity index is 1.81. The zero-order chi connectivity index (χ0) is 16.4. The second kappa shape index (κ2) is 6.26. The highest BCUT2D eigenvalue weighted by molar-refractivity contribution is 8.14. The maximum Gasteiger partial charge on any atom is 0.259 e. The molecule has 0 spiro atoms. The van der Waals surface area contributed by atoms with Gasteiger partial charge in [0.15, 0.2) is 11.5 Å². The van der Waals surface area contributed by atoms with Crippen molar-refractivity contribution < 1.29 is 14.0 Å². The zero-order valence-corrected chi connectivity index (χ0v) is 13.4. The quantitative estimate of drug-likeness (QED) is 0.608. The van der Waals surface area contributed by atoms with E-state index in [-0.39, 0.29) is 16.7 Å². The lowest BCUT2D eigenvalue weighted by Gasteiger charge is -2.09. The molecule has 0 unspecified atom stereocenters. The van der Waals surface area contributed by atoms with Gasteiger partial charge in [-0.2, -0.15) is 0 Å². The highest BCUT2D eigenvalue weighted by Crippen LogP contribution is 2.29. The second-order valence-electron chi connectivity index (χ2n) is 5.15. The summed E-state index contributed by atoms with van der Waals surface area (Å²) in [6.45, 7) is 5.48. The van der Waals surface area contributed by atoms with E-state index in [9.17, 15) is 9.59 Å². The van der Waals surface area contributed by atoms with Gasteiger partial charge in [0.05, 0.1) is 0 Å². The summed E-state index contributed by atoms with van der Waals surface area (Å²) in [5.41, 5.74) is 1.77. The molecule has 4 heteroatoms. The van der Waals surface area contributed by atoms with Crippen molar-refractivity contribution in [2.75, 3.05) is 0 Å². The molecule has 0 saturated carbocycles. The molecule has 0 saturated heterocycles. The van der Waals surface area contributed by atoms with Crippen LogP contribution in [-0.4, -0.2) is 10.9 Å². The predicted octanol–water partition coefficient (Wildman–Crippen LogP) is 4.68. The maximum absolute atomic E-state index is 12.3. The van der Waals surface area contributed by atoms with Gasteiger partial charge in [0, 0.05) is 16.0 Å². The topological polar surface area (TPSA) is 47.3 Å². The van der Waals surface area contributed by atoms with Crippen molar-refractivity contribution in [3.8, 4) is 0 Å². The molecular formula is C19H14O3S. The molecule has 0 amide bonds. The van der Waals surface area contributed by atoms with Crippen LogP contribution in [0.4, 0.5) is 0 Å². The summed E-state index contributed by atoms with van der Waals surface area (Å²) in [6.07, 6.45) is 3.42. The van der Waals surface area contributed by atoms with E-state index in [1.165, 1.54) is 0 Å². The number of rotatable bonds is 3. The van der Waals surface area contributed by atoms with Gasteiger partial charge in [-0.1, -0.05) is 24.8 Å². The summed E-state index contributed by atoms with van der Waals surface area (Å²) in [6, 6.07) is 12.8. The van der Waals surface area contributed by atoms with E-state index in [0.29, 0.717) is 16.9 Å². The number of thioether (sulfide) groups is 1. The fourth-order valence-corrected chi connectivity index (χ4v) is 2.96. The summed E-state index contributed by atoms with van der Waals surface area (Å²) in [5, 5.41) is -0.158. The Morgan fingerprint density at radius 1 is 1.09 bits per heavy atom. The average molecular weight is 322 g/mol. The van der Waals surface area contributed by atoms with Crippen molar-refractivity contribution in [1.29, 1.82) is 0 Å². The highest BCUT2D eigenvalue weighted by Gasteiger charge is 2.19. The normalized spacial score (nSPS) is 14.5.